The number of amides is 2. The Labute approximate surface area is 227 Å². The molecule has 0 N–H and O–H groups in total. The maximum absolute atomic E-state index is 14.0. The monoisotopic (exact) mass is 512 g/mol. The lowest BCUT2D eigenvalue weighted by atomic mass is 9.86. The van der Waals surface area contributed by atoms with Gasteiger partial charge in [0.05, 0.1) is 11.6 Å². The van der Waals surface area contributed by atoms with Crippen LogP contribution in [0, 0.1) is 0 Å². The van der Waals surface area contributed by atoms with Crippen LogP contribution in [0.3, 0.4) is 0 Å². The molecule has 0 radical (unpaired) electrons. The number of hydrogen-bond acceptors (Lipinski definition) is 3. The lowest BCUT2D eigenvalue weighted by Crippen LogP contribution is -2.46. The van der Waals surface area contributed by atoms with Gasteiger partial charge >= 0.3 is 0 Å². The van der Waals surface area contributed by atoms with Gasteiger partial charge in [-0.05, 0) is 67.0 Å². The molecular formula is C33H40N2O3. The molecule has 0 fully saturated rings. The molecule has 0 bridgehead atoms. The van der Waals surface area contributed by atoms with E-state index < -0.39 is 0 Å². The first-order valence-corrected chi connectivity index (χ1v) is 13.7. The van der Waals surface area contributed by atoms with Gasteiger partial charge in [0.1, 0.15) is 12.4 Å². The van der Waals surface area contributed by atoms with Crippen molar-refractivity contribution in [3.63, 3.8) is 0 Å². The highest BCUT2D eigenvalue weighted by molar-refractivity contribution is 5.97. The van der Waals surface area contributed by atoms with E-state index in [1.807, 2.05) is 71.3 Å². The Hall–Kier alpha value is -3.60. The van der Waals surface area contributed by atoms with E-state index in [4.69, 9.17) is 4.74 Å². The average molecular weight is 513 g/mol. The fourth-order valence-electron chi connectivity index (χ4n) is 4.99. The Balaban J connectivity index is 1.69. The Kier molecular flexibility index (Phi) is 8.88. The molecule has 0 saturated carbocycles. The van der Waals surface area contributed by atoms with Gasteiger partial charge in [-0.2, -0.15) is 0 Å². The fourth-order valence-corrected chi connectivity index (χ4v) is 4.99. The van der Waals surface area contributed by atoms with Crippen LogP contribution in [0.5, 0.6) is 5.75 Å². The van der Waals surface area contributed by atoms with Crippen LogP contribution in [0.4, 0.5) is 0 Å². The Morgan fingerprint density at radius 2 is 1.55 bits per heavy atom. The van der Waals surface area contributed by atoms with E-state index in [0.717, 1.165) is 18.4 Å². The lowest BCUT2D eigenvalue weighted by molar-refractivity contribution is 0.0586. The zero-order valence-corrected chi connectivity index (χ0v) is 23.2. The van der Waals surface area contributed by atoms with Gasteiger partial charge in [0.15, 0.2) is 0 Å². The molecule has 0 saturated heterocycles. The van der Waals surface area contributed by atoms with Gasteiger partial charge in [-0.15, -0.1) is 0 Å². The predicted octanol–water partition coefficient (Wildman–Crippen LogP) is 6.37. The predicted molar refractivity (Wildman–Crippen MR) is 153 cm³/mol. The Bertz CT molecular complexity index is 1210. The molecule has 1 heterocycles. The minimum atomic E-state index is -0.183. The van der Waals surface area contributed by atoms with Gasteiger partial charge in [-0.25, -0.2) is 0 Å². The molecule has 0 spiro atoms. The quantitative estimate of drug-likeness (QED) is 0.408. The number of benzene rings is 3. The van der Waals surface area contributed by atoms with Gasteiger partial charge in [0, 0.05) is 25.2 Å². The standard InChI is InChI=1S/C33H40N2O3/c1-5-34-21-11-12-22-35(31(36)26-17-19-27(20-18-26)33(2,3)4)28(23-25-13-7-6-8-14-25)24-38-30-16-10-9-15-29(30)32(34)37/h6-10,13-20,28H,5,11-12,21-24H2,1-4H3/t28-/m0/s1. The summed E-state index contributed by atoms with van der Waals surface area (Å²) in [6.07, 6.45) is 2.31. The van der Waals surface area contributed by atoms with Crippen molar-refractivity contribution in [3.05, 3.63) is 101 Å². The molecule has 5 nitrogen and oxygen atoms in total. The van der Waals surface area contributed by atoms with Gasteiger partial charge < -0.3 is 14.5 Å². The van der Waals surface area contributed by atoms with Crippen molar-refractivity contribution >= 4 is 11.8 Å². The van der Waals surface area contributed by atoms with Crippen LogP contribution in [0.25, 0.3) is 0 Å². The van der Waals surface area contributed by atoms with E-state index in [-0.39, 0.29) is 23.3 Å². The second-order valence-corrected chi connectivity index (χ2v) is 11.1. The maximum atomic E-state index is 14.0. The topological polar surface area (TPSA) is 49.9 Å². The summed E-state index contributed by atoms with van der Waals surface area (Å²) in [5, 5.41) is 0. The lowest BCUT2D eigenvalue weighted by Gasteiger charge is -2.34. The van der Waals surface area contributed by atoms with E-state index in [1.54, 1.807) is 0 Å². The Morgan fingerprint density at radius 1 is 0.895 bits per heavy atom. The summed E-state index contributed by atoms with van der Waals surface area (Å²) in [5.41, 5.74) is 3.63. The molecule has 4 rings (SSSR count). The van der Waals surface area contributed by atoms with Crippen LogP contribution in [-0.4, -0.2) is 53.9 Å². The maximum Gasteiger partial charge on any atom is 0.257 e. The van der Waals surface area contributed by atoms with Crippen LogP contribution in [0.15, 0.2) is 78.9 Å². The molecule has 1 aliphatic rings. The number of fused-ring (bicyclic) bond motifs is 1. The second-order valence-electron chi connectivity index (χ2n) is 11.1. The number of carbonyl (C=O) groups is 2. The highest BCUT2D eigenvalue weighted by atomic mass is 16.5. The van der Waals surface area contributed by atoms with Crippen molar-refractivity contribution in [1.29, 1.82) is 0 Å². The van der Waals surface area contributed by atoms with E-state index in [2.05, 4.69) is 45.0 Å². The van der Waals surface area contributed by atoms with E-state index in [9.17, 15) is 9.59 Å². The van der Waals surface area contributed by atoms with E-state index >= 15 is 0 Å². The normalized spacial score (nSPS) is 17.2. The smallest absolute Gasteiger partial charge is 0.257 e. The zero-order valence-electron chi connectivity index (χ0n) is 23.2. The third-order valence-electron chi connectivity index (χ3n) is 7.31. The van der Waals surface area contributed by atoms with Gasteiger partial charge in [-0.1, -0.05) is 75.4 Å². The molecule has 0 aliphatic carbocycles. The van der Waals surface area contributed by atoms with Crippen molar-refractivity contribution in [2.75, 3.05) is 26.2 Å². The minimum Gasteiger partial charge on any atom is -0.491 e. The van der Waals surface area contributed by atoms with Crippen molar-refractivity contribution in [1.82, 2.24) is 9.80 Å². The number of carbonyl (C=O) groups excluding carboxylic acids is 2. The van der Waals surface area contributed by atoms with E-state index in [0.29, 0.717) is 49.5 Å². The first-order chi connectivity index (χ1) is 18.3. The molecule has 3 aromatic carbocycles. The van der Waals surface area contributed by atoms with Gasteiger partial charge in [-0.3, -0.25) is 9.59 Å². The van der Waals surface area contributed by atoms with Crippen LogP contribution in [0.2, 0.25) is 0 Å². The minimum absolute atomic E-state index is 0.00449. The number of nitrogens with zero attached hydrogens (tertiary/aromatic N) is 2. The van der Waals surface area contributed by atoms with Crippen LogP contribution >= 0.6 is 0 Å². The summed E-state index contributed by atoms with van der Waals surface area (Å²) >= 11 is 0. The van der Waals surface area contributed by atoms with Crippen molar-refractivity contribution in [2.45, 2.75) is 58.4 Å². The number of hydrogen-bond donors (Lipinski definition) is 0. The van der Waals surface area contributed by atoms with Crippen LogP contribution < -0.4 is 4.74 Å². The van der Waals surface area contributed by atoms with Gasteiger partial charge in [0.25, 0.3) is 11.8 Å². The molecule has 0 unspecified atom stereocenters. The summed E-state index contributed by atoms with van der Waals surface area (Å²) in [7, 11) is 0. The molecule has 5 heteroatoms. The van der Waals surface area contributed by atoms with Crippen molar-refractivity contribution < 1.29 is 14.3 Å². The highest BCUT2D eigenvalue weighted by Crippen LogP contribution is 2.25. The first-order valence-electron chi connectivity index (χ1n) is 13.7. The third-order valence-corrected chi connectivity index (χ3v) is 7.31. The van der Waals surface area contributed by atoms with Crippen LogP contribution in [-0.2, 0) is 11.8 Å². The highest BCUT2D eigenvalue weighted by Gasteiger charge is 2.28. The molecule has 3 aromatic rings. The second kappa shape index (κ2) is 12.3. The van der Waals surface area contributed by atoms with Gasteiger partial charge in [0.2, 0.25) is 0 Å². The summed E-state index contributed by atoms with van der Waals surface area (Å²) in [6, 6.07) is 25.5. The molecule has 38 heavy (non-hydrogen) atoms. The molecule has 1 aliphatic heterocycles. The average Bonchev–Trinajstić information content (AvgIpc) is 2.92. The SMILES string of the molecule is CCN1CCCCN(C(=O)c2ccc(C(C)(C)C)cc2)[C@@H](Cc2ccccc2)COc2ccccc2C1=O. The first kappa shape index (κ1) is 27.4. The molecule has 1 atom stereocenters. The summed E-state index contributed by atoms with van der Waals surface area (Å²) in [5.74, 6) is 0.579. The van der Waals surface area contributed by atoms with Crippen molar-refractivity contribution in [3.8, 4) is 5.75 Å². The summed E-state index contributed by atoms with van der Waals surface area (Å²) < 4.78 is 6.35. The summed E-state index contributed by atoms with van der Waals surface area (Å²) in [6.45, 7) is 10.7. The largest absolute Gasteiger partial charge is 0.491 e. The van der Waals surface area contributed by atoms with E-state index in [1.165, 1.54) is 5.56 Å². The molecule has 2 amide bonds. The third kappa shape index (κ3) is 6.63. The number of ether oxygens (including phenoxy) is 1. The number of para-hydroxylation sites is 1. The molecular weight excluding hydrogens is 472 g/mol. The van der Waals surface area contributed by atoms with Crippen molar-refractivity contribution in [2.24, 2.45) is 0 Å². The molecule has 0 aromatic heterocycles. The number of rotatable bonds is 4. The van der Waals surface area contributed by atoms with Crippen LogP contribution in [0.1, 0.15) is 72.4 Å². The molecule has 200 valence electrons. The fraction of sp³-hybridized carbons (Fsp3) is 0.394. The Morgan fingerprint density at radius 3 is 2.24 bits per heavy atom. The summed E-state index contributed by atoms with van der Waals surface area (Å²) in [4.78, 5) is 31.1. The zero-order chi connectivity index (χ0) is 27.1.